The monoisotopic (exact) mass is 176 g/mol. The summed E-state index contributed by atoms with van der Waals surface area (Å²) in [4.78, 5) is 1.89. The minimum atomic E-state index is -0.685. The van der Waals surface area contributed by atoms with Crippen LogP contribution >= 0.6 is 0 Å². The number of nitrogens with one attached hydrogen (secondary N) is 1. The Kier molecular flexibility index (Phi) is 5.41. The van der Waals surface area contributed by atoms with Crippen LogP contribution in [-0.2, 0) is 0 Å². The lowest BCUT2D eigenvalue weighted by atomic mass is 10.2. The van der Waals surface area contributed by atoms with E-state index in [1.165, 1.54) is 0 Å². The maximum Gasteiger partial charge on any atom is 0.122 e. The van der Waals surface area contributed by atoms with Gasteiger partial charge in [0.25, 0.3) is 0 Å². The molecule has 0 rings (SSSR count). The molecule has 0 bridgehead atoms. The van der Waals surface area contributed by atoms with Crippen LogP contribution in [0.4, 0.5) is 0 Å². The first kappa shape index (κ1) is 11.8. The van der Waals surface area contributed by atoms with Crippen molar-refractivity contribution in [3.05, 3.63) is 0 Å². The van der Waals surface area contributed by atoms with Crippen LogP contribution in [0.1, 0.15) is 20.3 Å². The second-order valence-corrected chi connectivity index (χ2v) is 3.24. The van der Waals surface area contributed by atoms with Crippen molar-refractivity contribution in [2.45, 2.75) is 38.8 Å². The maximum atomic E-state index is 9.48. The largest absolute Gasteiger partial charge is 0.379 e. The number of rotatable bonds is 5. The Labute approximate surface area is 74.2 Å². The zero-order valence-electron chi connectivity index (χ0n) is 8.28. The van der Waals surface area contributed by atoms with Gasteiger partial charge in [-0.1, -0.05) is 6.92 Å². The number of nitrogens with zero attached hydrogens (tertiary/aromatic N) is 1. The average Bonchev–Trinajstić information content (AvgIpc) is 2.02. The van der Waals surface area contributed by atoms with Gasteiger partial charge in [0, 0.05) is 6.04 Å². The molecule has 0 aromatic rings. The molecule has 0 radical (unpaired) electrons. The van der Waals surface area contributed by atoms with Gasteiger partial charge >= 0.3 is 0 Å². The number of likely N-dealkylation sites (N-methyl/N-ethyl adjacent to an activating group) is 1. The third kappa shape index (κ3) is 4.01. The highest BCUT2D eigenvalue weighted by atomic mass is 16.3. The van der Waals surface area contributed by atoms with Gasteiger partial charge in [0.05, 0.1) is 0 Å². The van der Waals surface area contributed by atoms with Crippen molar-refractivity contribution in [1.29, 1.82) is 0 Å². The fourth-order valence-corrected chi connectivity index (χ4v) is 0.737. The predicted octanol–water partition coefficient (Wildman–Crippen LogP) is -0.427. The summed E-state index contributed by atoms with van der Waals surface area (Å²) in [7, 11) is 3.77. The molecule has 0 heterocycles. The van der Waals surface area contributed by atoms with Gasteiger partial charge in [-0.2, -0.15) is 0 Å². The van der Waals surface area contributed by atoms with Crippen molar-refractivity contribution < 1.29 is 10.2 Å². The Morgan fingerprint density at radius 1 is 1.33 bits per heavy atom. The van der Waals surface area contributed by atoms with Gasteiger partial charge in [0.2, 0.25) is 0 Å². The Balaban J connectivity index is 3.78. The second kappa shape index (κ2) is 5.48. The second-order valence-electron chi connectivity index (χ2n) is 3.24. The molecule has 0 saturated carbocycles. The summed E-state index contributed by atoms with van der Waals surface area (Å²) in [6, 6.07) is -0.00815. The van der Waals surface area contributed by atoms with Crippen molar-refractivity contribution in [3.63, 3.8) is 0 Å². The highest BCUT2D eigenvalue weighted by Crippen LogP contribution is 1.98. The minimum absolute atomic E-state index is 0.00815. The highest BCUT2D eigenvalue weighted by Gasteiger charge is 2.17. The van der Waals surface area contributed by atoms with E-state index in [1.807, 2.05) is 32.8 Å². The molecule has 0 aromatic heterocycles. The SMILES string of the molecule is CCC(O)NC(O)C(C)N(C)C. The van der Waals surface area contributed by atoms with Crippen LogP contribution < -0.4 is 5.32 Å². The van der Waals surface area contributed by atoms with Crippen LogP contribution in [0.2, 0.25) is 0 Å². The molecule has 0 aliphatic rings. The fourth-order valence-electron chi connectivity index (χ4n) is 0.737. The van der Waals surface area contributed by atoms with Crippen molar-refractivity contribution in [1.82, 2.24) is 10.2 Å². The third-order valence-electron chi connectivity index (χ3n) is 2.02. The zero-order chi connectivity index (χ0) is 9.72. The van der Waals surface area contributed by atoms with Crippen molar-refractivity contribution >= 4 is 0 Å². The molecule has 3 atom stereocenters. The first-order valence-electron chi connectivity index (χ1n) is 4.27. The fraction of sp³-hybridized carbons (Fsp3) is 1.00. The lowest BCUT2D eigenvalue weighted by Crippen LogP contribution is -2.49. The molecule has 0 aliphatic carbocycles. The first-order chi connectivity index (χ1) is 5.49. The standard InChI is InChI=1S/C8H20N2O2/c1-5-7(11)9-8(12)6(2)10(3)4/h6-9,11-12H,5H2,1-4H3. The normalized spacial score (nSPS) is 19.2. The Morgan fingerprint density at radius 3 is 2.17 bits per heavy atom. The van der Waals surface area contributed by atoms with E-state index >= 15 is 0 Å². The quantitative estimate of drug-likeness (QED) is 0.498. The highest BCUT2D eigenvalue weighted by molar-refractivity contribution is 4.69. The summed E-state index contributed by atoms with van der Waals surface area (Å²) in [5.74, 6) is 0. The number of hydrogen-bond donors (Lipinski definition) is 3. The van der Waals surface area contributed by atoms with Gasteiger partial charge in [0.1, 0.15) is 12.5 Å². The van der Waals surface area contributed by atoms with Crippen molar-refractivity contribution in [2.75, 3.05) is 14.1 Å². The van der Waals surface area contributed by atoms with E-state index in [0.29, 0.717) is 6.42 Å². The van der Waals surface area contributed by atoms with E-state index in [-0.39, 0.29) is 6.04 Å². The zero-order valence-corrected chi connectivity index (χ0v) is 8.28. The van der Waals surface area contributed by atoms with E-state index < -0.39 is 12.5 Å². The Bertz CT molecular complexity index is 120. The maximum absolute atomic E-state index is 9.48. The van der Waals surface area contributed by atoms with Crippen LogP contribution in [0.5, 0.6) is 0 Å². The molecule has 0 aliphatic heterocycles. The summed E-state index contributed by atoms with van der Waals surface area (Å²) in [5.41, 5.74) is 0. The number of aliphatic hydroxyl groups excluding tert-OH is 2. The van der Waals surface area contributed by atoms with Crippen LogP contribution in [0.15, 0.2) is 0 Å². The van der Waals surface area contributed by atoms with E-state index in [0.717, 1.165) is 0 Å². The van der Waals surface area contributed by atoms with Crippen LogP contribution in [-0.4, -0.2) is 47.7 Å². The molecule has 0 aromatic carbocycles. The summed E-state index contributed by atoms with van der Waals surface area (Å²) in [6.45, 7) is 3.74. The molecule has 3 unspecified atom stereocenters. The molecule has 0 fully saturated rings. The topological polar surface area (TPSA) is 55.7 Å². The molecular formula is C8H20N2O2. The summed E-state index contributed by atoms with van der Waals surface area (Å²) in [5, 5.41) is 21.3. The summed E-state index contributed by atoms with van der Waals surface area (Å²) < 4.78 is 0. The Hall–Kier alpha value is -0.160. The van der Waals surface area contributed by atoms with E-state index in [4.69, 9.17) is 5.11 Å². The number of aliphatic hydroxyl groups is 2. The van der Waals surface area contributed by atoms with E-state index in [2.05, 4.69) is 5.32 Å². The average molecular weight is 176 g/mol. The van der Waals surface area contributed by atoms with Crippen molar-refractivity contribution in [3.8, 4) is 0 Å². The molecule has 0 spiro atoms. The van der Waals surface area contributed by atoms with Crippen molar-refractivity contribution in [2.24, 2.45) is 0 Å². The molecule has 0 amide bonds. The van der Waals surface area contributed by atoms with Gasteiger partial charge in [-0.05, 0) is 27.4 Å². The molecular weight excluding hydrogens is 156 g/mol. The van der Waals surface area contributed by atoms with E-state index in [1.54, 1.807) is 0 Å². The van der Waals surface area contributed by atoms with Crippen LogP contribution in [0, 0.1) is 0 Å². The smallest absolute Gasteiger partial charge is 0.122 e. The van der Waals surface area contributed by atoms with Gasteiger partial charge in [-0.3, -0.25) is 5.32 Å². The molecule has 74 valence electrons. The van der Waals surface area contributed by atoms with Gasteiger partial charge in [-0.25, -0.2) is 0 Å². The molecule has 4 nitrogen and oxygen atoms in total. The molecule has 0 saturated heterocycles. The molecule has 12 heavy (non-hydrogen) atoms. The lowest BCUT2D eigenvalue weighted by Gasteiger charge is -2.27. The van der Waals surface area contributed by atoms with Gasteiger partial charge < -0.3 is 15.1 Å². The van der Waals surface area contributed by atoms with Gasteiger partial charge in [0.15, 0.2) is 0 Å². The Morgan fingerprint density at radius 2 is 1.83 bits per heavy atom. The summed E-state index contributed by atoms with van der Waals surface area (Å²) >= 11 is 0. The van der Waals surface area contributed by atoms with Gasteiger partial charge in [-0.15, -0.1) is 0 Å². The lowest BCUT2D eigenvalue weighted by molar-refractivity contribution is 0.000410. The minimum Gasteiger partial charge on any atom is -0.379 e. The summed E-state index contributed by atoms with van der Waals surface area (Å²) in [6.07, 6.45) is -0.714. The predicted molar refractivity (Wildman–Crippen MR) is 48.6 cm³/mol. The van der Waals surface area contributed by atoms with Crippen LogP contribution in [0.3, 0.4) is 0 Å². The molecule has 3 N–H and O–H groups in total. The van der Waals surface area contributed by atoms with Crippen LogP contribution in [0.25, 0.3) is 0 Å². The third-order valence-corrected chi connectivity index (χ3v) is 2.02. The number of hydrogen-bond acceptors (Lipinski definition) is 4. The first-order valence-corrected chi connectivity index (χ1v) is 4.27. The van der Waals surface area contributed by atoms with E-state index in [9.17, 15) is 5.11 Å². The molecule has 4 heteroatoms.